The number of amides is 3. The minimum Gasteiger partial charge on any atom is -0.338 e. The van der Waals surface area contributed by atoms with E-state index < -0.39 is 0 Å². The van der Waals surface area contributed by atoms with Crippen LogP contribution in [0.4, 0.5) is 0 Å². The maximum absolute atomic E-state index is 12.6. The van der Waals surface area contributed by atoms with E-state index >= 15 is 0 Å². The highest BCUT2D eigenvalue weighted by atomic mass is 16.2. The molecule has 1 atom stereocenters. The van der Waals surface area contributed by atoms with Crippen LogP contribution in [-0.2, 0) is 27.3 Å². The number of likely N-dealkylation sites (tertiary alicyclic amines) is 1. The lowest BCUT2D eigenvalue weighted by Crippen LogP contribution is -2.39. The Balaban J connectivity index is 1.43. The summed E-state index contributed by atoms with van der Waals surface area (Å²) in [5, 5.41) is 3.89. The zero-order valence-electron chi connectivity index (χ0n) is 15.3. The summed E-state index contributed by atoms with van der Waals surface area (Å²) < 4.78 is 0. The van der Waals surface area contributed by atoms with Crippen LogP contribution < -0.4 is 5.43 Å². The third kappa shape index (κ3) is 3.54. The Morgan fingerprint density at radius 1 is 1.19 bits per heavy atom. The second kappa shape index (κ2) is 7.05. The SMILES string of the molecule is CC(=O)N1CCc2nc(C3CCN(C(=O)C4=NNC(=O)CC4)C3)ncc2C1. The second-order valence-electron chi connectivity index (χ2n) is 7.22. The summed E-state index contributed by atoms with van der Waals surface area (Å²) in [4.78, 5) is 48.1. The molecule has 1 saturated heterocycles. The molecule has 0 radical (unpaired) electrons. The Bertz CT molecular complexity index is 836. The van der Waals surface area contributed by atoms with E-state index in [1.54, 1.807) is 16.7 Å². The molecule has 0 aliphatic carbocycles. The molecule has 1 unspecified atom stereocenters. The van der Waals surface area contributed by atoms with Crippen LogP contribution in [0.25, 0.3) is 0 Å². The molecule has 1 N–H and O–H groups in total. The van der Waals surface area contributed by atoms with E-state index in [-0.39, 0.29) is 23.6 Å². The van der Waals surface area contributed by atoms with Crippen LogP contribution in [0.1, 0.15) is 49.2 Å². The lowest BCUT2D eigenvalue weighted by Gasteiger charge is -2.27. The lowest BCUT2D eigenvalue weighted by molar-refractivity contribution is -0.129. The van der Waals surface area contributed by atoms with Crippen molar-refractivity contribution in [3.05, 3.63) is 23.3 Å². The Morgan fingerprint density at radius 3 is 2.78 bits per heavy atom. The highest BCUT2D eigenvalue weighted by Gasteiger charge is 2.33. The maximum atomic E-state index is 12.6. The van der Waals surface area contributed by atoms with Gasteiger partial charge in [-0.25, -0.2) is 15.4 Å². The minimum atomic E-state index is -0.156. The Morgan fingerprint density at radius 2 is 2.04 bits per heavy atom. The highest BCUT2D eigenvalue weighted by molar-refractivity contribution is 6.39. The molecular weight excluding hydrogens is 348 g/mol. The standard InChI is InChI=1S/C18H22N6O3/c1-11(25)23-7-5-14-13(10-23)8-19-17(20-14)12-4-6-24(9-12)18(27)15-2-3-16(26)22-21-15/h8,12H,2-7,9-10H2,1H3,(H,22,26). The molecule has 3 aliphatic rings. The topological polar surface area (TPSA) is 108 Å². The number of hydrogen-bond donors (Lipinski definition) is 1. The number of nitrogens with one attached hydrogen (secondary N) is 1. The van der Waals surface area contributed by atoms with E-state index in [2.05, 4.69) is 15.5 Å². The Labute approximate surface area is 156 Å². The number of rotatable bonds is 2. The van der Waals surface area contributed by atoms with Crippen LogP contribution in [0.2, 0.25) is 0 Å². The van der Waals surface area contributed by atoms with Crippen LogP contribution >= 0.6 is 0 Å². The third-order valence-electron chi connectivity index (χ3n) is 5.39. The van der Waals surface area contributed by atoms with Crippen molar-refractivity contribution in [2.45, 2.75) is 45.1 Å². The van der Waals surface area contributed by atoms with E-state index in [1.807, 2.05) is 6.20 Å². The molecule has 3 aliphatic heterocycles. The van der Waals surface area contributed by atoms with Crippen molar-refractivity contribution in [1.29, 1.82) is 0 Å². The Kier molecular flexibility index (Phi) is 4.59. The third-order valence-corrected chi connectivity index (χ3v) is 5.39. The van der Waals surface area contributed by atoms with Gasteiger partial charge in [-0.15, -0.1) is 0 Å². The van der Waals surface area contributed by atoms with Crippen molar-refractivity contribution >= 4 is 23.4 Å². The van der Waals surface area contributed by atoms with E-state index in [9.17, 15) is 14.4 Å². The number of aromatic nitrogens is 2. The predicted octanol–water partition coefficient (Wildman–Crippen LogP) is -0.0369. The van der Waals surface area contributed by atoms with E-state index in [4.69, 9.17) is 4.98 Å². The fourth-order valence-electron chi connectivity index (χ4n) is 3.76. The molecule has 0 saturated carbocycles. The van der Waals surface area contributed by atoms with Gasteiger partial charge in [0.05, 0.1) is 5.69 Å². The second-order valence-corrected chi connectivity index (χ2v) is 7.22. The van der Waals surface area contributed by atoms with Crippen molar-refractivity contribution in [3.8, 4) is 0 Å². The first-order chi connectivity index (χ1) is 13.0. The van der Waals surface area contributed by atoms with E-state index in [1.165, 1.54) is 0 Å². The number of nitrogens with zero attached hydrogens (tertiary/aromatic N) is 5. The molecule has 4 heterocycles. The number of carbonyl (C=O) groups is 3. The van der Waals surface area contributed by atoms with Gasteiger partial charge >= 0.3 is 0 Å². The molecule has 0 aromatic carbocycles. The maximum Gasteiger partial charge on any atom is 0.270 e. The van der Waals surface area contributed by atoms with Gasteiger partial charge in [-0.2, -0.15) is 5.10 Å². The molecule has 0 bridgehead atoms. The van der Waals surface area contributed by atoms with Gasteiger partial charge in [0.2, 0.25) is 11.8 Å². The summed E-state index contributed by atoms with van der Waals surface area (Å²) in [5.41, 5.74) is 4.78. The zero-order valence-corrected chi connectivity index (χ0v) is 15.3. The fourth-order valence-corrected chi connectivity index (χ4v) is 3.76. The molecule has 1 aromatic rings. The van der Waals surface area contributed by atoms with Gasteiger partial charge in [0, 0.05) is 70.0 Å². The van der Waals surface area contributed by atoms with E-state index in [0.29, 0.717) is 44.7 Å². The molecule has 9 heteroatoms. The highest BCUT2D eigenvalue weighted by Crippen LogP contribution is 2.27. The summed E-state index contributed by atoms with van der Waals surface area (Å²) in [7, 11) is 0. The molecule has 27 heavy (non-hydrogen) atoms. The molecule has 1 aromatic heterocycles. The molecular formula is C18H22N6O3. The van der Waals surface area contributed by atoms with Gasteiger partial charge in [-0.1, -0.05) is 0 Å². The summed E-state index contributed by atoms with van der Waals surface area (Å²) in [6, 6.07) is 0. The molecule has 142 valence electrons. The molecule has 0 spiro atoms. The minimum absolute atomic E-state index is 0.0662. The van der Waals surface area contributed by atoms with Gasteiger partial charge < -0.3 is 9.80 Å². The van der Waals surface area contributed by atoms with Crippen molar-refractivity contribution in [2.75, 3.05) is 19.6 Å². The van der Waals surface area contributed by atoms with Gasteiger partial charge in [-0.05, 0) is 6.42 Å². The molecule has 1 fully saturated rings. The van der Waals surface area contributed by atoms with Crippen LogP contribution in [0.15, 0.2) is 11.3 Å². The first-order valence-corrected chi connectivity index (χ1v) is 9.26. The largest absolute Gasteiger partial charge is 0.338 e. The quantitative estimate of drug-likeness (QED) is 0.786. The first-order valence-electron chi connectivity index (χ1n) is 9.26. The van der Waals surface area contributed by atoms with Gasteiger partial charge in [-0.3, -0.25) is 14.4 Å². The van der Waals surface area contributed by atoms with Gasteiger partial charge in [0.15, 0.2) is 0 Å². The van der Waals surface area contributed by atoms with E-state index in [0.717, 1.165) is 29.9 Å². The van der Waals surface area contributed by atoms with Crippen LogP contribution in [0, 0.1) is 0 Å². The number of hydrogen-bond acceptors (Lipinski definition) is 6. The van der Waals surface area contributed by atoms with Gasteiger partial charge in [0.1, 0.15) is 11.5 Å². The average molecular weight is 370 g/mol. The van der Waals surface area contributed by atoms with Crippen molar-refractivity contribution < 1.29 is 14.4 Å². The fraction of sp³-hybridized carbons (Fsp3) is 0.556. The van der Waals surface area contributed by atoms with Gasteiger partial charge in [0.25, 0.3) is 5.91 Å². The first kappa shape index (κ1) is 17.6. The van der Waals surface area contributed by atoms with Crippen molar-refractivity contribution in [3.63, 3.8) is 0 Å². The van der Waals surface area contributed by atoms with Crippen LogP contribution in [-0.4, -0.2) is 62.8 Å². The zero-order chi connectivity index (χ0) is 19.0. The summed E-state index contributed by atoms with van der Waals surface area (Å²) >= 11 is 0. The molecule has 4 rings (SSSR count). The number of fused-ring (bicyclic) bond motifs is 1. The summed E-state index contributed by atoms with van der Waals surface area (Å²) in [6.45, 7) is 4.01. The normalized spacial score (nSPS) is 22.2. The number of carbonyl (C=O) groups excluding carboxylic acids is 3. The lowest BCUT2D eigenvalue weighted by atomic mass is 10.0. The monoisotopic (exact) mass is 370 g/mol. The molecule has 9 nitrogen and oxygen atoms in total. The average Bonchev–Trinajstić information content (AvgIpc) is 3.17. The summed E-state index contributed by atoms with van der Waals surface area (Å²) in [6.07, 6.45) is 4.04. The van der Waals surface area contributed by atoms with Crippen LogP contribution in [0.3, 0.4) is 0 Å². The number of hydrazone groups is 1. The van der Waals surface area contributed by atoms with Crippen molar-refractivity contribution in [2.24, 2.45) is 5.10 Å². The van der Waals surface area contributed by atoms with Crippen molar-refractivity contribution in [1.82, 2.24) is 25.2 Å². The van der Waals surface area contributed by atoms with Crippen LogP contribution in [0.5, 0.6) is 0 Å². The predicted molar refractivity (Wildman–Crippen MR) is 95.6 cm³/mol. The Hall–Kier alpha value is -2.84. The summed E-state index contributed by atoms with van der Waals surface area (Å²) in [5.74, 6) is 0.656. The molecule has 3 amide bonds. The smallest absolute Gasteiger partial charge is 0.270 e.